The summed E-state index contributed by atoms with van der Waals surface area (Å²) in [5.74, 6) is 0. The van der Waals surface area contributed by atoms with E-state index < -0.39 is 0 Å². The van der Waals surface area contributed by atoms with Crippen molar-refractivity contribution in [3.05, 3.63) is 36.4 Å². The number of rotatable bonds is 6. The second kappa shape index (κ2) is 6.41. The van der Waals surface area contributed by atoms with Crippen LogP contribution >= 0.6 is 0 Å². The first-order valence-corrected chi connectivity index (χ1v) is 7.57. The van der Waals surface area contributed by atoms with Crippen molar-refractivity contribution < 1.29 is 4.74 Å². The Kier molecular flexibility index (Phi) is 4.36. The molecule has 0 saturated carbocycles. The van der Waals surface area contributed by atoms with E-state index in [4.69, 9.17) is 4.74 Å². The van der Waals surface area contributed by atoms with Gasteiger partial charge in [0.05, 0.1) is 5.69 Å². The quantitative estimate of drug-likeness (QED) is 0.876. The van der Waals surface area contributed by atoms with Gasteiger partial charge in [0.1, 0.15) is 6.10 Å². The highest BCUT2D eigenvalue weighted by molar-refractivity contribution is 5.09. The third-order valence-corrected chi connectivity index (χ3v) is 4.09. The zero-order valence-corrected chi connectivity index (χ0v) is 12.6. The molecule has 1 fully saturated rings. The van der Waals surface area contributed by atoms with E-state index in [0.717, 1.165) is 31.7 Å². The zero-order valence-electron chi connectivity index (χ0n) is 12.6. The Bertz CT molecular complexity index is 550. The molecule has 0 amide bonds. The van der Waals surface area contributed by atoms with Crippen LogP contribution in [-0.4, -0.2) is 38.3 Å². The minimum atomic E-state index is 0.102. The average Bonchev–Trinajstić information content (AvgIpc) is 3.18. The average molecular weight is 289 g/mol. The summed E-state index contributed by atoms with van der Waals surface area (Å²) in [6.45, 7) is 3.96. The molecule has 2 aromatic rings. The molecule has 2 aromatic heterocycles. The lowest BCUT2D eigenvalue weighted by Crippen LogP contribution is -2.39. The van der Waals surface area contributed by atoms with Crippen LogP contribution < -0.4 is 5.32 Å². The topological polar surface area (TPSA) is 56.9 Å². The molecule has 3 rings (SSSR count). The highest BCUT2D eigenvalue weighted by Gasteiger charge is 2.32. The highest BCUT2D eigenvalue weighted by atomic mass is 16.5. The van der Waals surface area contributed by atoms with E-state index in [1.54, 1.807) is 0 Å². The number of hydrogen-bond donors (Lipinski definition) is 1. The maximum absolute atomic E-state index is 5.90. The third-order valence-electron chi connectivity index (χ3n) is 4.09. The summed E-state index contributed by atoms with van der Waals surface area (Å²) in [6, 6.07) is 4.78. The molecule has 114 valence electrons. The summed E-state index contributed by atoms with van der Waals surface area (Å²) in [5, 5.41) is 12.2. The zero-order chi connectivity index (χ0) is 14.7. The van der Waals surface area contributed by atoms with Gasteiger partial charge in [0.2, 0.25) is 0 Å². The molecule has 0 aromatic carbocycles. The van der Waals surface area contributed by atoms with Gasteiger partial charge < -0.3 is 10.1 Å². The molecule has 6 heteroatoms. The summed E-state index contributed by atoms with van der Waals surface area (Å²) in [6.07, 6.45) is 7.85. The molecule has 1 aliphatic heterocycles. The van der Waals surface area contributed by atoms with E-state index in [-0.39, 0.29) is 6.10 Å². The van der Waals surface area contributed by atoms with Crippen molar-refractivity contribution in [2.75, 3.05) is 6.61 Å². The van der Waals surface area contributed by atoms with E-state index in [9.17, 15) is 0 Å². The second-order valence-electron chi connectivity index (χ2n) is 5.69. The van der Waals surface area contributed by atoms with Crippen LogP contribution in [0, 0.1) is 0 Å². The Hall–Kier alpha value is -1.66. The Morgan fingerprint density at radius 2 is 2.33 bits per heavy atom. The highest BCUT2D eigenvalue weighted by Crippen LogP contribution is 2.29. The molecular formula is C15H23N5O. The fraction of sp³-hybridized carbons (Fsp3) is 0.600. The Labute approximate surface area is 125 Å². The number of aromatic nitrogens is 4. The van der Waals surface area contributed by atoms with Crippen molar-refractivity contribution in [1.29, 1.82) is 0 Å². The van der Waals surface area contributed by atoms with E-state index in [1.807, 2.05) is 47.1 Å². The molecule has 21 heavy (non-hydrogen) atoms. The summed E-state index contributed by atoms with van der Waals surface area (Å²) in [5.41, 5.74) is 1.14. The van der Waals surface area contributed by atoms with Crippen LogP contribution in [0.25, 0.3) is 0 Å². The van der Waals surface area contributed by atoms with E-state index in [0.29, 0.717) is 12.1 Å². The van der Waals surface area contributed by atoms with Crippen LogP contribution in [0.2, 0.25) is 0 Å². The molecule has 1 aliphatic rings. The van der Waals surface area contributed by atoms with Crippen LogP contribution in [0.15, 0.2) is 30.7 Å². The summed E-state index contributed by atoms with van der Waals surface area (Å²) in [4.78, 5) is 0. The molecule has 0 aliphatic carbocycles. The maximum atomic E-state index is 5.90. The number of aryl methyl sites for hydroxylation is 2. The number of hydrogen-bond acceptors (Lipinski definition) is 4. The van der Waals surface area contributed by atoms with Crippen molar-refractivity contribution in [1.82, 2.24) is 24.9 Å². The lowest BCUT2D eigenvalue weighted by molar-refractivity contribution is 0.0898. The molecule has 6 nitrogen and oxygen atoms in total. The first-order valence-electron chi connectivity index (χ1n) is 7.57. The van der Waals surface area contributed by atoms with Gasteiger partial charge in [0, 0.05) is 50.9 Å². The minimum Gasteiger partial charge on any atom is -0.370 e. The number of nitrogens with one attached hydrogen (secondary N) is 1. The fourth-order valence-corrected chi connectivity index (χ4v) is 2.92. The standard InChI is InChI=1S/C15H23N5O/c1-12(5-10-20-9-3-7-17-20)18-13-6-11-21-15(13)14-4-8-16-19(14)2/h3-4,7-9,12-13,15,18H,5-6,10-11H2,1-2H3/t12-,13+,15+/m1/s1. The fourth-order valence-electron chi connectivity index (χ4n) is 2.92. The van der Waals surface area contributed by atoms with Gasteiger partial charge in [0.25, 0.3) is 0 Å². The minimum absolute atomic E-state index is 0.102. The van der Waals surface area contributed by atoms with Crippen LogP contribution in [-0.2, 0) is 18.3 Å². The van der Waals surface area contributed by atoms with Crippen LogP contribution in [0.1, 0.15) is 31.6 Å². The molecule has 0 spiro atoms. The SMILES string of the molecule is C[C@H](CCn1cccn1)N[C@H]1CCO[C@@H]1c1ccnn1C. The summed E-state index contributed by atoms with van der Waals surface area (Å²) < 4.78 is 9.78. The Morgan fingerprint density at radius 1 is 1.43 bits per heavy atom. The van der Waals surface area contributed by atoms with Crippen molar-refractivity contribution in [3.8, 4) is 0 Å². The van der Waals surface area contributed by atoms with Crippen molar-refractivity contribution in [3.63, 3.8) is 0 Å². The first-order chi connectivity index (χ1) is 10.2. The third kappa shape index (κ3) is 3.33. The lowest BCUT2D eigenvalue weighted by atomic mass is 10.1. The predicted octanol–water partition coefficient (Wildman–Crippen LogP) is 1.51. The molecule has 0 unspecified atom stereocenters. The molecular weight excluding hydrogens is 266 g/mol. The molecule has 3 heterocycles. The van der Waals surface area contributed by atoms with Gasteiger partial charge in [-0.2, -0.15) is 10.2 Å². The maximum Gasteiger partial charge on any atom is 0.114 e. The second-order valence-corrected chi connectivity index (χ2v) is 5.69. The molecule has 0 radical (unpaired) electrons. The van der Waals surface area contributed by atoms with Gasteiger partial charge in [-0.1, -0.05) is 0 Å². The van der Waals surface area contributed by atoms with E-state index in [2.05, 4.69) is 22.4 Å². The van der Waals surface area contributed by atoms with E-state index in [1.165, 1.54) is 0 Å². The Balaban J connectivity index is 1.55. The van der Waals surface area contributed by atoms with Gasteiger partial charge >= 0.3 is 0 Å². The molecule has 0 bridgehead atoms. The van der Waals surface area contributed by atoms with Crippen LogP contribution in [0.3, 0.4) is 0 Å². The largest absolute Gasteiger partial charge is 0.370 e. The predicted molar refractivity (Wildman–Crippen MR) is 79.7 cm³/mol. The molecule has 3 atom stereocenters. The van der Waals surface area contributed by atoms with Crippen molar-refractivity contribution in [2.24, 2.45) is 7.05 Å². The van der Waals surface area contributed by atoms with Gasteiger partial charge in [-0.05, 0) is 31.9 Å². The van der Waals surface area contributed by atoms with Crippen LogP contribution in [0.4, 0.5) is 0 Å². The normalized spacial score (nSPS) is 23.5. The number of nitrogens with zero attached hydrogens (tertiary/aromatic N) is 4. The first kappa shape index (κ1) is 14.3. The molecule has 1 N–H and O–H groups in total. The molecule has 1 saturated heterocycles. The number of ether oxygens (including phenoxy) is 1. The summed E-state index contributed by atoms with van der Waals surface area (Å²) in [7, 11) is 1.97. The lowest BCUT2D eigenvalue weighted by Gasteiger charge is -2.24. The van der Waals surface area contributed by atoms with Gasteiger partial charge in [-0.25, -0.2) is 0 Å². The monoisotopic (exact) mass is 289 g/mol. The van der Waals surface area contributed by atoms with Gasteiger partial charge in [0.15, 0.2) is 0 Å². The van der Waals surface area contributed by atoms with Gasteiger partial charge in [-0.3, -0.25) is 9.36 Å². The van der Waals surface area contributed by atoms with Crippen molar-refractivity contribution >= 4 is 0 Å². The Morgan fingerprint density at radius 3 is 3.05 bits per heavy atom. The van der Waals surface area contributed by atoms with Crippen LogP contribution in [0.5, 0.6) is 0 Å². The van der Waals surface area contributed by atoms with Gasteiger partial charge in [-0.15, -0.1) is 0 Å². The summed E-state index contributed by atoms with van der Waals surface area (Å²) >= 11 is 0. The van der Waals surface area contributed by atoms with E-state index >= 15 is 0 Å². The van der Waals surface area contributed by atoms with Crippen molar-refractivity contribution in [2.45, 2.75) is 44.5 Å². The smallest absolute Gasteiger partial charge is 0.114 e.